The molecule has 2 N–H and O–H groups in total. The summed E-state index contributed by atoms with van der Waals surface area (Å²) in [6.45, 7) is 1.35. The smallest absolute Gasteiger partial charge is 0.241 e. The van der Waals surface area contributed by atoms with Crippen LogP contribution < -0.4 is 10.6 Å². The molecule has 0 spiro atoms. The zero-order chi connectivity index (χ0) is 21.8. The number of rotatable bonds is 6. The third-order valence-electron chi connectivity index (χ3n) is 4.76. The third-order valence-corrected chi connectivity index (χ3v) is 4.76. The molecule has 156 valence electrons. The van der Waals surface area contributed by atoms with Crippen molar-refractivity contribution in [2.75, 3.05) is 24.2 Å². The van der Waals surface area contributed by atoms with Gasteiger partial charge in [0.2, 0.25) is 11.8 Å². The monoisotopic (exact) mass is 415 g/mol. The summed E-state index contributed by atoms with van der Waals surface area (Å²) < 4.78 is 40.0. The van der Waals surface area contributed by atoms with Gasteiger partial charge in [0, 0.05) is 5.69 Å². The van der Waals surface area contributed by atoms with Gasteiger partial charge in [0.15, 0.2) is 17.5 Å². The molecule has 0 saturated heterocycles. The Labute approximate surface area is 171 Å². The van der Waals surface area contributed by atoms with E-state index in [-0.39, 0.29) is 12.5 Å². The van der Waals surface area contributed by atoms with E-state index in [4.69, 9.17) is 0 Å². The Bertz CT molecular complexity index is 1100. The minimum absolute atomic E-state index is 0.259. The molecule has 0 bridgehead atoms. The fourth-order valence-corrected chi connectivity index (χ4v) is 2.89. The largest absolute Gasteiger partial charge is 0.325 e. The van der Waals surface area contributed by atoms with E-state index in [1.807, 2.05) is 36.4 Å². The molecule has 0 aliphatic heterocycles. The van der Waals surface area contributed by atoms with E-state index in [0.717, 1.165) is 22.9 Å². The highest BCUT2D eigenvalue weighted by molar-refractivity contribution is 5.98. The van der Waals surface area contributed by atoms with Crippen LogP contribution in [0.5, 0.6) is 0 Å². The summed E-state index contributed by atoms with van der Waals surface area (Å²) in [5.41, 5.74) is 0.146. The van der Waals surface area contributed by atoms with Crippen molar-refractivity contribution in [2.45, 2.75) is 13.0 Å². The van der Waals surface area contributed by atoms with Gasteiger partial charge >= 0.3 is 0 Å². The summed E-state index contributed by atoms with van der Waals surface area (Å²) in [6.07, 6.45) is 0. The fraction of sp³-hybridized carbons (Fsp3) is 0.182. The molecule has 2 amide bonds. The quantitative estimate of drug-likeness (QED) is 0.595. The zero-order valence-corrected chi connectivity index (χ0v) is 16.4. The molecule has 8 heteroatoms. The van der Waals surface area contributed by atoms with Gasteiger partial charge in [0.1, 0.15) is 0 Å². The van der Waals surface area contributed by atoms with Gasteiger partial charge in [-0.05, 0) is 49.0 Å². The summed E-state index contributed by atoms with van der Waals surface area (Å²) in [5, 5.41) is 7.00. The lowest BCUT2D eigenvalue weighted by atomic mass is 10.1. The van der Waals surface area contributed by atoms with Gasteiger partial charge in [0.25, 0.3) is 0 Å². The van der Waals surface area contributed by atoms with Crippen molar-refractivity contribution in [1.82, 2.24) is 4.90 Å². The Balaban J connectivity index is 1.60. The van der Waals surface area contributed by atoms with Crippen molar-refractivity contribution in [2.24, 2.45) is 0 Å². The van der Waals surface area contributed by atoms with Crippen LogP contribution in [0.2, 0.25) is 0 Å². The van der Waals surface area contributed by atoms with E-state index >= 15 is 0 Å². The molecule has 0 heterocycles. The maximum absolute atomic E-state index is 13.7. The van der Waals surface area contributed by atoms with Gasteiger partial charge in [-0.3, -0.25) is 14.5 Å². The Kier molecular flexibility index (Phi) is 6.37. The molecule has 3 aromatic carbocycles. The molecule has 0 aliphatic rings. The van der Waals surface area contributed by atoms with Crippen LogP contribution in [0, 0.1) is 17.5 Å². The molecular formula is C22H20F3N3O2. The lowest BCUT2D eigenvalue weighted by molar-refractivity contribution is -0.122. The van der Waals surface area contributed by atoms with Gasteiger partial charge in [-0.25, -0.2) is 13.2 Å². The summed E-state index contributed by atoms with van der Waals surface area (Å²) >= 11 is 0. The Morgan fingerprint density at radius 1 is 0.933 bits per heavy atom. The number of hydrogen-bond donors (Lipinski definition) is 2. The van der Waals surface area contributed by atoms with Crippen LogP contribution in [0.1, 0.15) is 6.92 Å². The highest BCUT2D eigenvalue weighted by Crippen LogP contribution is 2.20. The first-order valence-electron chi connectivity index (χ1n) is 9.19. The zero-order valence-electron chi connectivity index (χ0n) is 16.4. The third kappa shape index (κ3) is 4.77. The number of carbonyl (C=O) groups excluding carboxylic acids is 2. The molecule has 0 aliphatic carbocycles. The van der Waals surface area contributed by atoms with E-state index in [0.29, 0.717) is 5.69 Å². The van der Waals surface area contributed by atoms with E-state index < -0.39 is 35.1 Å². The first-order valence-corrected chi connectivity index (χ1v) is 9.19. The molecule has 30 heavy (non-hydrogen) atoms. The molecule has 3 rings (SSSR count). The topological polar surface area (TPSA) is 61.4 Å². The lowest BCUT2D eigenvalue weighted by Crippen LogP contribution is -2.43. The van der Waals surface area contributed by atoms with E-state index in [1.165, 1.54) is 4.90 Å². The predicted molar refractivity (Wildman–Crippen MR) is 110 cm³/mol. The van der Waals surface area contributed by atoms with Gasteiger partial charge in [-0.2, -0.15) is 0 Å². The average Bonchev–Trinajstić information content (AvgIpc) is 2.73. The van der Waals surface area contributed by atoms with E-state index in [1.54, 1.807) is 20.0 Å². The predicted octanol–water partition coefficient (Wildman–Crippen LogP) is 4.15. The molecule has 0 fully saturated rings. The molecule has 0 unspecified atom stereocenters. The van der Waals surface area contributed by atoms with Crippen LogP contribution in [0.25, 0.3) is 10.8 Å². The van der Waals surface area contributed by atoms with Crippen LogP contribution in [0.4, 0.5) is 24.5 Å². The minimum atomic E-state index is -1.66. The number of amides is 2. The molecule has 0 aromatic heterocycles. The summed E-state index contributed by atoms with van der Waals surface area (Å²) in [4.78, 5) is 26.1. The summed E-state index contributed by atoms with van der Waals surface area (Å²) in [5.74, 6) is -5.49. The second-order valence-corrected chi connectivity index (χ2v) is 6.91. The number of benzene rings is 3. The molecule has 1 atom stereocenters. The maximum atomic E-state index is 13.7. The van der Waals surface area contributed by atoms with Crippen molar-refractivity contribution in [3.8, 4) is 0 Å². The highest BCUT2D eigenvalue weighted by Gasteiger charge is 2.22. The average molecular weight is 415 g/mol. The van der Waals surface area contributed by atoms with Crippen molar-refractivity contribution in [1.29, 1.82) is 0 Å². The van der Waals surface area contributed by atoms with Crippen molar-refractivity contribution >= 4 is 34.0 Å². The van der Waals surface area contributed by atoms with Crippen LogP contribution in [-0.4, -0.2) is 36.3 Å². The first-order chi connectivity index (χ1) is 14.3. The maximum Gasteiger partial charge on any atom is 0.241 e. The number of nitrogens with one attached hydrogen (secondary N) is 2. The minimum Gasteiger partial charge on any atom is -0.325 e. The second kappa shape index (κ2) is 8.96. The number of nitrogens with zero attached hydrogens (tertiary/aromatic N) is 1. The molecule has 3 aromatic rings. The van der Waals surface area contributed by atoms with Crippen molar-refractivity contribution in [3.05, 3.63) is 72.0 Å². The molecular weight excluding hydrogens is 395 g/mol. The Morgan fingerprint density at radius 2 is 1.63 bits per heavy atom. The molecule has 5 nitrogen and oxygen atoms in total. The van der Waals surface area contributed by atoms with Crippen LogP contribution >= 0.6 is 0 Å². The van der Waals surface area contributed by atoms with Crippen molar-refractivity contribution < 1.29 is 22.8 Å². The normalized spacial score (nSPS) is 12.1. The van der Waals surface area contributed by atoms with Crippen LogP contribution in [0.3, 0.4) is 0 Å². The highest BCUT2D eigenvalue weighted by atomic mass is 19.2. The van der Waals surface area contributed by atoms with Gasteiger partial charge in [0.05, 0.1) is 18.3 Å². The second-order valence-electron chi connectivity index (χ2n) is 6.91. The number of carbonyl (C=O) groups is 2. The number of fused-ring (bicyclic) bond motifs is 1. The fourth-order valence-electron chi connectivity index (χ4n) is 2.89. The molecule has 0 radical (unpaired) electrons. The lowest BCUT2D eigenvalue weighted by Gasteiger charge is -2.23. The SMILES string of the molecule is C[C@H](C(=O)Nc1ccc2ccccc2c1)N(C)CC(=O)Nc1ccc(F)c(F)c1F. The van der Waals surface area contributed by atoms with Gasteiger partial charge in [-0.1, -0.05) is 30.3 Å². The molecule has 0 saturated carbocycles. The summed E-state index contributed by atoms with van der Waals surface area (Å²) in [6, 6.07) is 14.2. The van der Waals surface area contributed by atoms with E-state index in [9.17, 15) is 22.8 Å². The number of halogens is 3. The standard InChI is InChI=1S/C22H20F3N3O2/c1-13(22(30)26-16-8-7-14-5-3-4-6-15(14)11-16)28(2)12-19(29)27-18-10-9-17(23)20(24)21(18)25/h3-11,13H,12H2,1-2H3,(H,26,30)(H,27,29)/t13-/m1/s1. The first kappa shape index (κ1) is 21.3. The van der Waals surface area contributed by atoms with Gasteiger partial charge in [-0.15, -0.1) is 0 Å². The van der Waals surface area contributed by atoms with Gasteiger partial charge < -0.3 is 10.6 Å². The number of likely N-dealkylation sites (N-methyl/N-ethyl adjacent to an activating group) is 1. The van der Waals surface area contributed by atoms with Crippen LogP contribution in [-0.2, 0) is 9.59 Å². The van der Waals surface area contributed by atoms with Crippen molar-refractivity contribution in [3.63, 3.8) is 0 Å². The number of anilines is 2. The van der Waals surface area contributed by atoms with E-state index in [2.05, 4.69) is 10.6 Å². The number of hydrogen-bond acceptors (Lipinski definition) is 3. The Morgan fingerprint density at radius 3 is 2.37 bits per heavy atom. The Hall–Kier alpha value is -3.39. The van der Waals surface area contributed by atoms with Crippen LogP contribution in [0.15, 0.2) is 54.6 Å². The summed E-state index contributed by atoms with van der Waals surface area (Å²) in [7, 11) is 1.55.